The van der Waals surface area contributed by atoms with Gasteiger partial charge in [-0.15, -0.1) is 0 Å². The molecule has 1 aromatic rings. The van der Waals surface area contributed by atoms with Crippen LogP contribution in [0, 0.1) is 32.1 Å². The van der Waals surface area contributed by atoms with Crippen LogP contribution in [0.2, 0.25) is 0 Å². The zero-order valence-corrected chi connectivity index (χ0v) is 32.4. The van der Waals surface area contributed by atoms with Crippen LogP contribution in [0.25, 0.3) is 0 Å². The number of nitriles is 1. The minimum Gasteiger partial charge on any atom is -0.492 e. The Bertz CT molecular complexity index is 1090. The summed E-state index contributed by atoms with van der Waals surface area (Å²) < 4.78 is 5.97. The lowest BCUT2D eigenvalue weighted by molar-refractivity contribution is 0.162. The molecule has 0 atom stereocenters. The second-order valence-electron chi connectivity index (χ2n) is 9.72. The van der Waals surface area contributed by atoms with Crippen molar-refractivity contribution >= 4 is 5.69 Å². The van der Waals surface area contributed by atoms with Gasteiger partial charge in [-0.25, -0.2) is 0 Å². The van der Waals surface area contributed by atoms with Crippen LogP contribution in [0.15, 0.2) is 96.5 Å². The predicted octanol–water partition coefficient (Wildman–Crippen LogP) is 13.4. The number of unbranched alkanes of at least 4 members (excludes halogenated alkanes) is 1. The van der Waals surface area contributed by atoms with Gasteiger partial charge in [0.25, 0.3) is 0 Å². The Morgan fingerprint density at radius 2 is 1.51 bits per heavy atom. The number of allylic oxidation sites excluding steroid dienone is 11. The van der Waals surface area contributed by atoms with Crippen molar-refractivity contribution in [2.75, 3.05) is 31.6 Å². The van der Waals surface area contributed by atoms with Gasteiger partial charge in [-0.05, 0) is 115 Å². The van der Waals surface area contributed by atoms with E-state index in [9.17, 15) is 0 Å². The normalized spacial score (nSPS) is 10.9. The van der Waals surface area contributed by atoms with Gasteiger partial charge in [-0.2, -0.15) is 5.26 Å². The van der Waals surface area contributed by atoms with Crippen molar-refractivity contribution < 1.29 is 4.74 Å². The maximum Gasteiger partial charge on any atom is 0.119 e. The molecule has 1 rings (SSSR count). The van der Waals surface area contributed by atoms with Crippen LogP contribution in [-0.2, 0) is 4.74 Å². The molecule has 1 N–H and O–H groups in total. The van der Waals surface area contributed by atoms with Gasteiger partial charge in [0.2, 0.25) is 0 Å². The topological polar surface area (TPSA) is 48.3 Å². The molecule has 47 heavy (non-hydrogen) atoms. The SMILES string of the molecule is C.C/C=C\Nc1ccc(C)c(C)c1C.C=C(C)\C=C/C(=C\C=C\C=C\C(C#N)=C/C)OCCN(CCC)CCCC.CC.CC.CC. The fraction of sp³-hybridized carbons (Fsp3) is 0.512. The summed E-state index contributed by atoms with van der Waals surface area (Å²) in [6.45, 7) is 36.4. The Balaban J connectivity index is -0.000000245. The molecule has 0 radical (unpaired) electrons. The molecule has 0 amide bonds. The highest BCUT2D eigenvalue weighted by atomic mass is 16.5. The van der Waals surface area contributed by atoms with Crippen LogP contribution < -0.4 is 5.32 Å². The van der Waals surface area contributed by atoms with Crippen LogP contribution in [0.4, 0.5) is 5.69 Å². The first-order valence-electron chi connectivity index (χ1n) is 17.5. The Morgan fingerprint density at radius 1 is 0.872 bits per heavy atom. The molecule has 0 heterocycles. The van der Waals surface area contributed by atoms with E-state index in [2.05, 4.69) is 69.6 Å². The van der Waals surface area contributed by atoms with Crippen molar-refractivity contribution in [3.8, 4) is 6.07 Å². The molecule has 0 bridgehead atoms. The van der Waals surface area contributed by atoms with Gasteiger partial charge < -0.3 is 10.1 Å². The third-order valence-corrected chi connectivity index (χ3v) is 6.24. The molecule has 1 aromatic carbocycles. The quantitative estimate of drug-likeness (QED) is 0.110. The summed E-state index contributed by atoms with van der Waals surface area (Å²) in [5.74, 6) is 0.807. The molecule has 0 aliphatic heterocycles. The summed E-state index contributed by atoms with van der Waals surface area (Å²) in [6, 6.07) is 6.39. The largest absolute Gasteiger partial charge is 0.492 e. The third kappa shape index (κ3) is 30.8. The molecule has 0 saturated carbocycles. The summed E-state index contributed by atoms with van der Waals surface area (Å²) in [5.41, 5.74) is 6.87. The molecule has 0 aliphatic rings. The zero-order valence-electron chi connectivity index (χ0n) is 32.4. The molecule has 0 spiro atoms. The van der Waals surface area contributed by atoms with Gasteiger partial charge in [0.1, 0.15) is 12.4 Å². The van der Waals surface area contributed by atoms with E-state index in [-0.39, 0.29) is 7.43 Å². The highest BCUT2D eigenvalue weighted by Crippen LogP contribution is 2.21. The number of benzene rings is 1. The molecular formula is C43H75N3O. The van der Waals surface area contributed by atoms with Crippen LogP contribution >= 0.6 is 0 Å². The van der Waals surface area contributed by atoms with E-state index in [1.54, 1.807) is 12.2 Å². The first-order chi connectivity index (χ1) is 22.2. The van der Waals surface area contributed by atoms with Gasteiger partial charge in [0, 0.05) is 17.8 Å². The number of nitrogens with zero attached hydrogens (tertiary/aromatic N) is 2. The Kier molecular flexibility index (Phi) is 45.6. The number of anilines is 1. The standard InChI is InChI=1S/C24H36N2O.C12H17N.3C2H6.CH4/c1-6-9-18-26(17-7-2)19-20-27-24(16-15-22(4)5)14-12-10-11-13-23(8-3)21-25;1-5-8-13-12-7-6-9(2)10(3)11(12)4;3*1-2;/h8,10-16H,4,6-7,9,17-20H2,1-3,5H3;5-8,13H,1-4H3;3*1-2H3;1H4/b12-10+,13-11+,16-15-,23-8+,24-14+;8-5-;;;;. The van der Waals surface area contributed by atoms with E-state index in [0.717, 1.165) is 37.4 Å². The molecule has 0 saturated heterocycles. The van der Waals surface area contributed by atoms with Crippen molar-refractivity contribution in [2.45, 2.75) is 124 Å². The van der Waals surface area contributed by atoms with Gasteiger partial charge >= 0.3 is 0 Å². The smallest absolute Gasteiger partial charge is 0.119 e. The van der Waals surface area contributed by atoms with Crippen molar-refractivity contribution in [2.24, 2.45) is 0 Å². The Hall–Kier alpha value is -3.55. The monoisotopic (exact) mass is 650 g/mol. The first kappa shape index (κ1) is 53.0. The molecule has 0 aliphatic carbocycles. The third-order valence-electron chi connectivity index (χ3n) is 6.24. The second kappa shape index (κ2) is 40.5. The van der Waals surface area contributed by atoms with Crippen LogP contribution in [0.5, 0.6) is 0 Å². The predicted molar refractivity (Wildman–Crippen MR) is 217 cm³/mol. The molecule has 0 fully saturated rings. The average molecular weight is 650 g/mol. The minimum atomic E-state index is 0. The van der Waals surface area contributed by atoms with E-state index in [1.165, 1.54) is 35.2 Å². The molecular weight excluding hydrogens is 574 g/mol. The Morgan fingerprint density at radius 3 is 2.02 bits per heavy atom. The van der Waals surface area contributed by atoms with E-state index >= 15 is 0 Å². The van der Waals surface area contributed by atoms with Crippen LogP contribution in [-0.4, -0.2) is 31.1 Å². The van der Waals surface area contributed by atoms with Crippen LogP contribution in [0.1, 0.15) is 120 Å². The summed E-state index contributed by atoms with van der Waals surface area (Å²) in [4.78, 5) is 2.46. The number of nitrogens with one attached hydrogen (secondary N) is 1. The van der Waals surface area contributed by atoms with Gasteiger partial charge in [-0.1, -0.05) is 124 Å². The molecule has 268 valence electrons. The zero-order chi connectivity index (χ0) is 36.2. The first-order valence-corrected chi connectivity index (χ1v) is 17.5. The summed E-state index contributed by atoms with van der Waals surface area (Å²) in [7, 11) is 0. The van der Waals surface area contributed by atoms with E-state index < -0.39 is 0 Å². The summed E-state index contributed by atoms with van der Waals surface area (Å²) >= 11 is 0. The maximum absolute atomic E-state index is 8.88. The Labute approximate surface area is 294 Å². The van der Waals surface area contributed by atoms with Gasteiger partial charge in [-0.3, -0.25) is 4.90 Å². The van der Waals surface area contributed by atoms with Crippen LogP contribution in [0.3, 0.4) is 0 Å². The lowest BCUT2D eigenvalue weighted by Crippen LogP contribution is -2.29. The second-order valence-corrected chi connectivity index (χ2v) is 9.72. The number of aryl methyl sites for hydroxylation is 1. The minimum absolute atomic E-state index is 0. The lowest BCUT2D eigenvalue weighted by Gasteiger charge is -2.21. The molecule has 4 nitrogen and oxygen atoms in total. The highest BCUT2D eigenvalue weighted by molar-refractivity contribution is 5.57. The molecule has 0 aromatic heterocycles. The maximum atomic E-state index is 8.88. The van der Waals surface area contributed by atoms with E-state index in [4.69, 9.17) is 10.00 Å². The number of rotatable bonds is 16. The van der Waals surface area contributed by atoms with Crippen molar-refractivity contribution in [1.29, 1.82) is 5.26 Å². The van der Waals surface area contributed by atoms with Crippen molar-refractivity contribution in [3.63, 3.8) is 0 Å². The molecule has 4 heteroatoms. The van der Waals surface area contributed by atoms with Crippen molar-refractivity contribution in [3.05, 3.63) is 113 Å². The number of hydrogen-bond donors (Lipinski definition) is 1. The lowest BCUT2D eigenvalue weighted by atomic mass is 10.0. The number of ether oxygens (including phenoxy) is 1. The summed E-state index contributed by atoms with van der Waals surface area (Å²) in [5, 5.41) is 12.1. The average Bonchev–Trinajstić information content (AvgIpc) is 3.09. The fourth-order valence-electron chi connectivity index (χ4n) is 3.56. The van der Waals surface area contributed by atoms with Crippen molar-refractivity contribution in [1.82, 2.24) is 4.90 Å². The van der Waals surface area contributed by atoms with Gasteiger partial charge in [0.15, 0.2) is 0 Å². The summed E-state index contributed by atoms with van der Waals surface area (Å²) in [6.07, 6.45) is 22.6. The fourth-order valence-corrected chi connectivity index (χ4v) is 3.56. The molecule has 0 unspecified atom stereocenters. The highest BCUT2D eigenvalue weighted by Gasteiger charge is 2.04. The van der Waals surface area contributed by atoms with Gasteiger partial charge in [0.05, 0.1) is 6.07 Å². The number of hydrogen-bond acceptors (Lipinski definition) is 4. The van der Waals surface area contributed by atoms with E-state index in [0.29, 0.717) is 12.2 Å². The van der Waals surface area contributed by atoms with E-state index in [1.807, 2.05) is 111 Å².